The molecule has 0 aromatic heterocycles. The second-order valence-electron chi connectivity index (χ2n) is 3.72. The van der Waals surface area contributed by atoms with Crippen molar-refractivity contribution in [3.8, 4) is 0 Å². The van der Waals surface area contributed by atoms with Crippen LogP contribution in [0.4, 0.5) is 0 Å². The second-order valence-corrected chi connectivity index (χ2v) is 3.72. The number of hydrogen-bond acceptors (Lipinski definition) is 3. The molecule has 0 bridgehead atoms. The van der Waals surface area contributed by atoms with Crippen LogP contribution in [0.1, 0.15) is 34.6 Å². The Bertz CT molecular complexity index is 199. The molecular weight excluding hydrogens is 168 g/mol. The number of esters is 1. The number of ether oxygens (including phenoxy) is 2. The highest BCUT2D eigenvalue weighted by atomic mass is 16.6. The molecule has 3 nitrogen and oxygen atoms in total. The van der Waals surface area contributed by atoms with E-state index in [0.29, 0.717) is 12.4 Å². The summed E-state index contributed by atoms with van der Waals surface area (Å²) in [6.45, 7) is 9.64. The quantitative estimate of drug-likeness (QED) is 0.385. The molecule has 0 amide bonds. The van der Waals surface area contributed by atoms with Gasteiger partial charge in [-0.15, -0.1) is 0 Å². The molecule has 0 saturated carbocycles. The topological polar surface area (TPSA) is 35.5 Å². The fourth-order valence-corrected chi connectivity index (χ4v) is 0.767. The minimum atomic E-state index is -0.444. The summed E-state index contributed by atoms with van der Waals surface area (Å²) >= 11 is 0. The van der Waals surface area contributed by atoms with Gasteiger partial charge in [-0.3, -0.25) is 0 Å². The van der Waals surface area contributed by atoms with Crippen LogP contribution in [-0.4, -0.2) is 18.2 Å². The van der Waals surface area contributed by atoms with Gasteiger partial charge in [0.25, 0.3) is 0 Å². The molecule has 3 heteroatoms. The zero-order chi connectivity index (χ0) is 10.5. The second kappa shape index (κ2) is 4.90. The van der Waals surface area contributed by atoms with Gasteiger partial charge >= 0.3 is 5.97 Å². The lowest BCUT2D eigenvalue weighted by Gasteiger charge is -2.18. The molecule has 0 aliphatic carbocycles. The standard InChI is InChI=1S/C10H18O3/c1-6-12-8(2)7-9(11)13-10(3,4)5/h7H,6H2,1-5H3/b8-7+. The van der Waals surface area contributed by atoms with Crippen LogP contribution in [0.15, 0.2) is 11.8 Å². The van der Waals surface area contributed by atoms with E-state index in [1.807, 2.05) is 27.7 Å². The van der Waals surface area contributed by atoms with E-state index in [-0.39, 0.29) is 5.97 Å². The van der Waals surface area contributed by atoms with Crippen molar-refractivity contribution in [1.82, 2.24) is 0 Å². The summed E-state index contributed by atoms with van der Waals surface area (Å²) in [5.41, 5.74) is -0.444. The Morgan fingerprint density at radius 3 is 2.31 bits per heavy atom. The largest absolute Gasteiger partial charge is 0.498 e. The summed E-state index contributed by atoms with van der Waals surface area (Å²) in [7, 11) is 0. The first kappa shape index (κ1) is 12.0. The van der Waals surface area contributed by atoms with Crippen molar-refractivity contribution in [2.45, 2.75) is 40.2 Å². The molecule has 0 heterocycles. The van der Waals surface area contributed by atoms with Crippen LogP contribution in [0.3, 0.4) is 0 Å². The van der Waals surface area contributed by atoms with Crippen LogP contribution < -0.4 is 0 Å². The summed E-state index contributed by atoms with van der Waals surface area (Å²) in [5.74, 6) is 0.218. The van der Waals surface area contributed by atoms with E-state index in [9.17, 15) is 4.79 Å². The Hall–Kier alpha value is -0.990. The summed E-state index contributed by atoms with van der Waals surface area (Å²) in [6.07, 6.45) is 1.36. The highest BCUT2D eigenvalue weighted by Crippen LogP contribution is 2.08. The summed E-state index contributed by atoms with van der Waals surface area (Å²) in [5, 5.41) is 0. The van der Waals surface area contributed by atoms with E-state index in [2.05, 4.69) is 0 Å². The monoisotopic (exact) mass is 186 g/mol. The molecule has 0 unspecified atom stereocenters. The van der Waals surface area contributed by atoms with Crippen molar-refractivity contribution < 1.29 is 14.3 Å². The van der Waals surface area contributed by atoms with E-state index in [4.69, 9.17) is 9.47 Å². The van der Waals surface area contributed by atoms with Crippen molar-refractivity contribution in [3.05, 3.63) is 11.8 Å². The van der Waals surface area contributed by atoms with Gasteiger partial charge < -0.3 is 9.47 Å². The Morgan fingerprint density at radius 2 is 1.92 bits per heavy atom. The average Bonchev–Trinajstić information content (AvgIpc) is 1.81. The summed E-state index contributed by atoms with van der Waals surface area (Å²) < 4.78 is 10.1. The van der Waals surface area contributed by atoms with Gasteiger partial charge in [0.05, 0.1) is 12.7 Å². The SMILES string of the molecule is CCO/C(C)=C/C(=O)OC(C)(C)C. The van der Waals surface area contributed by atoms with Crippen LogP contribution in [-0.2, 0) is 14.3 Å². The Labute approximate surface area is 79.7 Å². The highest BCUT2D eigenvalue weighted by molar-refractivity contribution is 5.82. The third-order valence-electron chi connectivity index (χ3n) is 1.10. The van der Waals surface area contributed by atoms with Gasteiger partial charge in [0.15, 0.2) is 0 Å². The fraction of sp³-hybridized carbons (Fsp3) is 0.700. The number of carbonyl (C=O) groups is 1. The summed E-state index contributed by atoms with van der Waals surface area (Å²) in [6, 6.07) is 0. The van der Waals surface area contributed by atoms with Crippen LogP contribution in [0.5, 0.6) is 0 Å². The molecule has 0 radical (unpaired) electrons. The number of allylic oxidation sites excluding steroid dienone is 1. The molecule has 0 fully saturated rings. The molecule has 0 aliphatic rings. The predicted molar refractivity (Wildman–Crippen MR) is 51.2 cm³/mol. The molecule has 0 rings (SSSR count). The van der Waals surface area contributed by atoms with Crippen molar-refractivity contribution in [1.29, 1.82) is 0 Å². The average molecular weight is 186 g/mol. The van der Waals surface area contributed by atoms with Gasteiger partial charge in [-0.05, 0) is 34.6 Å². The molecular formula is C10H18O3. The zero-order valence-corrected chi connectivity index (χ0v) is 9.01. The Balaban J connectivity index is 4.07. The lowest BCUT2D eigenvalue weighted by Crippen LogP contribution is -2.22. The van der Waals surface area contributed by atoms with E-state index in [1.165, 1.54) is 6.08 Å². The summed E-state index contributed by atoms with van der Waals surface area (Å²) in [4.78, 5) is 11.2. The normalized spacial score (nSPS) is 12.5. The maximum atomic E-state index is 11.2. The molecule has 0 aromatic rings. The number of hydrogen-bond donors (Lipinski definition) is 0. The van der Waals surface area contributed by atoms with Gasteiger partial charge in [-0.2, -0.15) is 0 Å². The Morgan fingerprint density at radius 1 is 1.38 bits per heavy atom. The third kappa shape index (κ3) is 7.37. The molecule has 0 saturated heterocycles. The first-order chi connectivity index (χ1) is 5.85. The van der Waals surface area contributed by atoms with Gasteiger partial charge in [-0.25, -0.2) is 4.79 Å². The Kier molecular flexibility index (Phi) is 4.52. The van der Waals surface area contributed by atoms with E-state index >= 15 is 0 Å². The van der Waals surface area contributed by atoms with Gasteiger partial charge in [0, 0.05) is 0 Å². The maximum absolute atomic E-state index is 11.2. The van der Waals surface area contributed by atoms with E-state index in [1.54, 1.807) is 6.92 Å². The lowest BCUT2D eigenvalue weighted by atomic mass is 10.2. The minimum Gasteiger partial charge on any atom is -0.498 e. The van der Waals surface area contributed by atoms with Crippen molar-refractivity contribution in [2.75, 3.05) is 6.61 Å². The fourth-order valence-electron chi connectivity index (χ4n) is 0.767. The van der Waals surface area contributed by atoms with Gasteiger partial charge in [-0.1, -0.05) is 0 Å². The van der Waals surface area contributed by atoms with Crippen LogP contribution >= 0.6 is 0 Å². The van der Waals surface area contributed by atoms with E-state index < -0.39 is 5.60 Å². The molecule has 0 aromatic carbocycles. The van der Waals surface area contributed by atoms with Gasteiger partial charge in [0.2, 0.25) is 0 Å². The maximum Gasteiger partial charge on any atom is 0.334 e. The van der Waals surface area contributed by atoms with Crippen LogP contribution in [0.2, 0.25) is 0 Å². The smallest absolute Gasteiger partial charge is 0.334 e. The number of carbonyl (C=O) groups excluding carboxylic acids is 1. The van der Waals surface area contributed by atoms with Crippen molar-refractivity contribution >= 4 is 5.97 Å². The van der Waals surface area contributed by atoms with E-state index in [0.717, 1.165) is 0 Å². The molecule has 0 aliphatic heterocycles. The predicted octanol–water partition coefficient (Wildman–Crippen LogP) is 2.27. The van der Waals surface area contributed by atoms with Crippen molar-refractivity contribution in [2.24, 2.45) is 0 Å². The molecule has 0 N–H and O–H groups in total. The molecule has 0 atom stereocenters. The van der Waals surface area contributed by atoms with Gasteiger partial charge in [0.1, 0.15) is 11.4 Å². The minimum absolute atomic E-state index is 0.363. The third-order valence-corrected chi connectivity index (χ3v) is 1.10. The highest BCUT2D eigenvalue weighted by Gasteiger charge is 2.14. The number of rotatable bonds is 3. The van der Waals surface area contributed by atoms with Crippen LogP contribution in [0, 0.1) is 0 Å². The van der Waals surface area contributed by atoms with Crippen molar-refractivity contribution in [3.63, 3.8) is 0 Å². The first-order valence-electron chi connectivity index (χ1n) is 4.39. The molecule has 0 spiro atoms. The molecule has 13 heavy (non-hydrogen) atoms. The first-order valence-corrected chi connectivity index (χ1v) is 4.39. The zero-order valence-electron chi connectivity index (χ0n) is 9.01. The lowest BCUT2D eigenvalue weighted by molar-refractivity contribution is -0.148. The van der Waals surface area contributed by atoms with Crippen LogP contribution in [0.25, 0.3) is 0 Å². The molecule has 76 valence electrons.